The summed E-state index contributed by atoms with van der Waals surface area (Å²) >= 11 is 1.96. The molecular weight excluding hydrogens is 244 g/mol. The van der Waals surface area contributed by atoms with E-state index >= 15 is 0 Å². The summed E-state index contributed by atoms with van der Waals surface area (Å²) in [4.78, 5) is 4.31. The van der Waals surface area contributed by atoms with Gasteiger partial charge in [-0.3, -0.25) is 0 Å². The molecule has 0 saturated heterocycles. The first kappa shape index (κ1) is 15.5. The summed E-state index contributed by atoms with van der Waals surface area (Å²) in [7, 11) is 0. The second kappa shape index (κ2) is 7.79. The standard InChI is InChI=1S/C13H26N4S/c1-5-8-17-12(15-11-16-17)9-14-10-13(6-2,7-3)18-4/h11,14H,5-10H2,1-4H3. The van der Waals surface area contributed by atoms with Gasteiger partial charge in [0.15, 0.2) is 0 Å². The third-order valence-corrected chi connectivity index (χ3v) is 5.17. The zero-order chi connectivity index (χ0) is 13.4. The highest BCUT2D eigenvalue weighted by atomic mass is 32.2. The van der Waals surface area contributed by atoms with Crippen molar-refractivity contribution in [2.45, 2.75) is 57.9 Å². The van der Waals surface area contributed by atoms with Crippen LogP contribution in [0.15, 0.2) is 6.33 Å². The van der Waals surface area contributed by atoms with Crippen molar-refractivity contribution in [3.8, 4) is 0 Å². The fourth-order valence-electron chi connectivity index (χ4n) is 2.09. The molecule has 0 spiro atoms. The number of hydrogen-bond donors (Lipinski definition) is 1. The lowest BCUT2D eigenvalue weighted by Gasteiger charge is -2.29. The number of hydrogen-bond acceptors (Lipinski definition) is 4. The van der Waals surface area contributed by atoms with E-state index in [1.807, 2.05) is 16.4 Å². The quantitative estimate of drug-likeness (QED) is 0.749. The average Bonchev–Trinajstić information content (AvgIpc) is 2.83. The molecule has 1 rings (SSSR count). The van der Waals surface area contributed by atoms with Crippen LogP contribution in [0.1, 0.15) is 45.9 Å². The van der Waals surface area contributed by atoms with Crippen molar-refractivity contribution in [3.05, 3.63) is 12.2 Å². The third-order valence-electron chi connectivity index (χ3n) is 3.58. The molecule has 0 aliphatic rings. The molecule has 1 aromatic heterocycles. The lowest BCUT2D eigenvalue weighted by atomic mass is 10.0. The van der Waals surface area contributed by atoms with E-state index in [0.29, 0.717) is 4.75 Å². The SMILES string of the molecule is CCCn1ncnc1CNCC(CC)(CC)SC. The van der Waals surface area contributed by atoms with Gasteiger partial charge < -0.3 is 5.32 Å². The van der Waals surface area contributed by atoms with Crippen molar-refractivity contribution in [1.82, 2.24) is 20.1 Å². The molecule has 1 heterocycles. The highest BCUT2D eigenvalue weighted by Gasteiger charge is 2.24. The van der Waals surface area contributed by atoms with Crippen molar-refractivity contribution >= 4 is 11.8 Å². The van der Waals surface area contributed by atoms with E-state index in [1.54, 1.807) is 6.33 Å². The van der Waals surface area contributed by atoms with E-state index in [2.05, 4.69) is 42.4 Å². The van der Waals surface area contributed by atoms with Gasteiger partial charge in [-0.1, -0.05) is 20.8 Å². The van der Waals surface area contributed by atoms with Crippen LogP contribution >= 0.6 is 11.8 Å². The van der Waals surface area contributed by atoms with Gasteiger partial charge in [-0.25, -0.2) is 9.67 Å². The molecule has 0 radical (unpaired) electrons. The van der Waals surface area contributed by atoms with E-state index in [1.165, 1.54) is 12.8 Å². The van der Waals surface area contributed by atoms with E-state index in [9.17, 15) is 0 Å². The number of rotatable bonds is 9. The minimum Gasteiger partial charge on any atom is -0.308 e. The van der Waals surface area contributed by atoms with Gasteiger partial charge in [-0.2, -0.15) is 16.9 Å². The lowest BCUT2D eigenvalue weighted by Crippen LogP contribution is -2.36. The summed E-state index contributed by atoms with van der Waals surface area (Å²) in [6.07, 6.45) is 7.33. The van der Waals surface area contributed by atoms with E-state index < -0.39 is 0 Å². The van der Waals surface area contributed by atoms with Crippen LogP contribution in [0.2, 0.25) is 0 Å². The molecule has 5 heteroatoms. The Morgan fingerprint density at radius 2 is 2.06 bits per heavy atom. The van der Waals surface area contributed by atoms with Gasteiger partial charge >= 0.3 is 0 Å². The maximum atomic E-state index is 4.31. The summed E-state index contributed by atoms with van der Waals surface area (Å²) in [6.45, 7) is 9.48. The predicted octanol–water partition coefficient (Wildman–Crippen LogP) is 2.70. The number of aryl methyl sites for hydroxylation is 1. The molecule has 0 aromatic carbocycles. The van der Waals surface area contributed by atoms with Gasteiger partial charge in [0.1, 0.15) is 12.2 Å². The summed E-state index contributed by atoms with van der Waals surface area (Å²) in [5.74, 6) is 1.04. The summed E-state index contributed by atoms with van der Waals surface area (Å²) in [6, 6.07) is 0. The van der Waals surface area contributed by atoms with E-state index in [0.717, 1.165) is 31.9 Å². The van der Waals surface area contributed by atoms with Crippen LogP contribution in [0.25, 0.3) is 0 Å². The first-order valence-electron chi connectivity index (χ1n) is 6.83. The van der Waals surface area contributed by atoms with Crippen molar-refractivity contribution in [2.24, 2.45) is 0 Å². The fourth-order valence-corrected chi connectivity index (χ4v) is 2.91. The molecular formula is C13H26N4S. The zero-order valence-electron chi connectivity index (χ0n) is 12.1. The highest BCUT2D eigenvalue weighted by Crippen LogP contribution is 2.29. The van der Waals surface area contributed by atoms with Gasteiger partial charge in [0.25, 0.3) is 0 Å². The highest BCUT2D eigenvalue weighted by molar-refractivity contribution is 8.00. The maximum Gasteiger partial charge on any atom is 0.140 e. The van der Waals surface area contributed by atoms with Gasteiger partial charge in [-0.05, 0) is 25.5 Å². The minimum absolute atomic E-state index is 0.357. The molecule has 1 N–H and O–H groups in total. The van der Waals surface area contributed by atoms with Gasteiger partial charge in [0.05, 0.1) is 6.54 Å². The van der Waals surface area contributed by atoms with Crippen LogP contribution in [-0.4, -0.2) is 32.3 Å². The normalized spacial score (nSPS) is 12.0. The van der Waals surface area contributed by atoms with Crippen molar-refractivity contribution in [1.29, 1.82) is 0 Å². The van der Waals surface area contributed by atoms with Crippen molar-refractivity contribution < 1.29 is 0 Å². The van der Waals surface area contributed by atoms with Gasteiger partial charge in [-0.15, -0.1) is 0 Å². The lowest BCUT2D eigenvalue weighted by molar-refractivity contribution is 0.476. The summed E-state index contributed by atoms with van der Waals surface area (Å²) in [5, 5.41) is 7.78. The Labute approximate surface area is 115 Å². The predicted molar refractivity (Wildman–Crippen MR) is 78.8 cm³/mol. The number of nitrogens with zero attached hydrogens (tertiary/aromatic N) is 3. The molecule has 0 fully saturated rings. The first-order chi connectivity index (χ1) is 8.71. The van der Waals surface area contributed by atoms with Crippen LogP contribution < -0.4 is 5.32 Å². The molecule has 0 atom stereocenters. The van der Waals surface area contributed by atoms with Crippen molar-refractivity contribution in [2.75, 3.05) is 12.8 Å². The average molecular weight is 270 g/mol. The Bertz CT molecular complexity index is 325. The van der Waals surface area contributed by atoms with E-state index in [-0.39, 0.29) is 0 Å². The smallest absolute Gasteiger partial charge is 0.140 e. The molecule has 0 aliphatic heterocycles. The number of nitrogens with one attached hydrogen (secondary N) is 1. The second-order valence-corrected chi connectivity index (χ2v) is 5.87. The Balaban J connectivity index is 2.47. The molecule has 1 aromatic rings. The second-order valence-electron chi connectivity index (χ2n) is 4.60. The topological polar surface area (TPSA) is 42.7 Å². The largest absolute Gasteiger partial charge is 0.308 e. The molecule has 0 bridgehead atoms. The van der Waals surface area contributed by atoms with Gasteiger partial charge in [0, 0.05) is 17.8 Å². The van der Waals surface area contributed by atoms with Crippen LogP contribution in [0, 0.1) is 0 Å². The molecule has 0 amide bonds. The fraction of sp³-hybridized carbons (Fsp3) is 0.846. The maximum absolute atomic E-state index is 4.31. The Kier molecular flexibility index (Phi) is 6.71. The van der Waals surface area contributed by atoms with Gasteiger partial charge in [0.2, 0.25) is 0 Å². The Hall–Kier alpha value is -0.550. The van der Waals surface area contributed by atoms with E-state index in [4.69, 9.17) is 0 Å². The first-order valence-corrected chi connectivity index (χ1v) is 8.06. The van der Waals surface area contributed by atoms with Crippen molar-refractivity contribution in [3.63, 3.8) is 0 Å². The summed E-state index contributed by atoms with van der Waals surface area (Å²) < 4.78 is 2.35. The Morgan fingerprint density at radius 3 is 2.61 bits per heavy atom. The molecule has 0 aliphatic carbocycles. The molecule has 18 heavy (non-hydrogen) atoms. The zero-order valence-corrected chi connectivity index (χ0v) is 12.9. The molecule has 4 nitrogen and oxygen atoms in total. The van der Waals surface area contributed by atoms with Crippen LogP contribution in [-0.2, 0) is 13.1 Å². The number of thioether (sulfide) groups is 1. The summed E-state index contributed by atoms with van der Waals surface area (Å²) in [5.41, 5.74) is 0. The van der Waals surface area contributed by atoms with Crippen LogP contribution in [0.3, 0.4) is 0 Å². The third kappa shape index (κ3) is 3.99. The molecule has 0 saturated carbocycles. The minimum atomic E-state index is 0.357. The molecule has 0 unspecified atom stereocenters. The van der Waals surface area contributed by atoms with Crippen LogP contribution in [0.4, 0.5) is 0 Å². The monoisotopic (exact) mass is 270 g/mol. The molecule has 104 valence electrons. The number of aromatic nitrogens is 3. The Morgan fingerprint density at radius 1 is 1.33 bits per heavy atom. The van der Waals surface area contributed by atoms with Crippen LogP contribution in [0.5, 0.6) is 0 Å².